The minimum Gasteiger partial charge on any atom is -0.550 e. The minimum atomic E-state index is -1.13. The molecule has 2 aromatic rings. The van der Waals surface area contributed by atoms with Crippen molar-refractivity contribution in [2.45, 2.75) is 6.92 Å². The van der Waals surface area contributed by atoms with E-state index in [2.05, 4.69) is 0 Å². The summed E-state index contributed by atoms with van der Waals surface area (Å²) < 4.78 is 0. The van der Waals surface area contributed by atoms with Gasteiger partial charge in [-0.25, -0.2) is 0 Å². The highest BCUT2D eigenvalue weighted by Gasteiger charge is 1.98. The van der Waals surface area contributed by atoms with Crippen LogP contribution < -0.4 is 10.2 Å². The molecule has 0 saturated heterocycles. The normalized spacial score (nSPS) is 9.24. The molecule has 0 radical (unpaired) electrons. The van der Waals surface area contributed by atoms with E-state index in [4.69, 9.17) is 9.90 Å². The molecule has 0 atom stereocenters. The molecular weight excluding hydrogens is 220 g/mol. The molecule has 0 saturated carbocycles. The van der Waals surface area contributed by atoms with E-state index in [1.165, 1.54) is 0 Å². The Labute approximate surface area is 98.1 Å². The van der Waals surface area contributed by atoms with Crippen LogP contribution in [0.5, 0.6) is 0 Å². The van der Waals surface area contributed by atoms with Gasteiger partial charge in [0, 0.05) is 11.5 Å². The monoisotopic (exact) mass is 230 g/mol. The van der Waals surface area contributed by atoms with E-state index in [9.17, 15) is 9.90 Å². The van der Waals surface area contributed by atoms with Crippen molar-refractivity contribution in [3.05, 3.63) is 48.0 Å². The molecule has 0 aliphatic heterocycles. The fourth-order valence-corrected chi connectivity index (χ4v) is 1.40. The van der Waals surface area contributed by atoms with Crippen LogP contribution in [0.3, 0.4) is 0 Å². The lowest BCUT2D eigenvalue weighted by molar-refractivity contribution is -0.302. The lowest BCUT2D eigenvalue weighted by Crippen LogP contribution is -2.22. The summed E-state index contributed by atoms with van der Waals surface area (Å²) in [5.41, 5.74) is 0.248. The van der Waals surface area contributed by atoms with Gasteiger partial charge in [0.15, 0.2) is 0 Å². The molecular formula is C13H10O4-2. The van der Waals surface area contributed by atoms with Crippen LogP contribution in [-0.2, 0) is 4.79 Å². The number of hydrogen-bond donors (Lipinski definition) is 0. The summed E-state index contributed by atoms with van der Waals surface area (Å²) in [4.78, 5) is 19.6. The van der Waals surface area contributed by atoms with Crippen molar-refractivity contribution in [3.63, 3.8) is 0 Å². The number of carboxylic acid groups (broad SMARTS) is 2. The molecule has 0 bridgehead atoms. The number of carbonyl (C=O) groups excluding carboxylic acids is 2. The van der Waals surface area contributed by atoms with E-state index in [1.807, 2.05) is 24.3 Å². The summed E-state index contributed by atoms with van der Waals surface area (Å²) in [5.74, 6) is -2.21. The predicted octanol–water partition coefficient (Wildman–Crippen LogP) is -0.0405. The summed E-state index contributed by atoms with van der Waals surface area (Å²) in [6.07, 6.45) is 0. The number of benzene rings is 2. The SMILES string of the molecule is CC(=O)[O-].O=C([O-])c1cccc2ccccc12. The molecule has 0 N–H and O–H groups in total. The summed E-state index contributed by atoms with van der Waals surface area (Å²) >= 11 is 0. The first kappa shape index (κ1) is 12.7. The predicted molar refractivity (Wildman–Crippen MR) is 59.0 cm³/mol. The Morgan fingerprint density at radius 2 is 1.47 bits per heavy atom. The van der Waals surface area contributed by atoms with Crippen LogP contribution in [-0.4, -0.2) is 11.9 Å². The lowest BCUT2D eigenvalue weighted by Gasteiger charge is -2.05. The van der Waals surface area contributed by atoms with Gasteiger partial charge in [-0.05, 0) is 17.7 Å². The molecule has 0 fully saturated rings. The second-order valence-corrected chi connectivity index (χ2v) is 3.31. The van der Waals surface area contributed by atoms with Crippen LogP contribution in [0.2, 0.25) is 0 Å². The first-order chi connectivity index (χ1) is 8.02. The van der Waals surface area contributed by atoms with E-state index < -0.39 is 11.9 Å². The van der Waals surface area contributed by atoms with Gasteiger partial charge in [0.25, 0.3) is 0 Å². The number of aliphatic carboxylic acids is 1. The van der Waals surface area contributed by atoms with Gasteiger partial charge in [-0.3, -0.25) is 0 Å². The second kappa shape index (κ2) is 5.65. The average molecular weight is 230 g/mol. The largest absolute Gasteiger partial charge is 0.550 e. The summed E-state index contributed by atoms with van der Waals surface area (Å²) in [7, 11) is 0. The van der Waals surface area contributed by atoms with Crippen LogP contribution in [0.4, 0.5) is 0 Å². The number of aromatic carboxylic acids is 1. The standard InChI is InChI=1S/C11H8O2.C2H4O2/c12-11(13)10-7-3-5-8-4-1-2-6-9(8)10;1-2(3)4/h1-7H,(H,12,13);1H3,(H,3,4)/p-2. The maximum atomic E-state index is 10.7. The molecule has 0 spiro atoms. The van der Waals surface area contributed by atoms with Crippen molar-refractivity contribution in [1.82, 2.24) is 0 Å². The Kier molecular flexibility index (Phi) is 4.22. The molecule has 2 aromatic carbocycles. The van der Waals surface area contributed by atoms with Gasteiger partial charge >= 0.3 is 0 Å². The fraction of sp³-hybridized carbons (Fsp3) is 0.0769. The van der Waals surface area contributed by atoms with Gasteiger partial charge in [0.1, 0.15) is 0 Å². The van der Waals surface area contributed by atoms with Gasteiger partial charge in [-0.15, -0.1) is 0 Å². The Hall–Kier alpha value is -2.36. The summed E-state index contributed by atoms with van der Waals surface area (Å²) in [5, 5.41) is 21.2. The molecule has 0 aromatic heterocycles. The zero-order chi connectivity index (χ0) is 12.8. The molecule has 0 heterocycles. The first-order valence-corrected chi connectivity index (χ1v) is 4.89. The van der Waals surface area contributed by atoms with Gasteiger partial charge in [-0.2, -0.15) is 0 Å². The third-order valence-electron chi connectivity index (χ3n) is 2.01. The third-order valence-corrected chi connectivity index (χ3v) is 2.01. The van der Waals surface area contributed by atoms with Crippen LogP contribution in [0.1, 0.15) is 17.3 Å². The molecule has 4 heteroatoms. The van der Waals surface area contributed by atoms with Crippen molar-refractivity contribution in [1.29, 1.82) is 0 Å². The Balaban J connectivity index is 0.000000317. The minimum absolute atomic E-state index is 0.248. The van der Waals surface area contributed by atoms with Gasteiger partial charge in [0.2, 0.25) is 0 Å². The van der Waals surface area contributed by atoms with Crippen LogP contribution in [0.25, 0.3) is 10.8 Å². The highest BCUT2D eigenvalue weighted by Crippen LogP contribution is 2.17. The van der Waals surface area contributed by atoms with Crippen molar-refractivity contribution >= 4 is 22.7 Å². The maximum absolute atomic E-state index is 10.7. The number of fused-ring (bicyclic) bond motifs is 1. The molecule has 0 aliphatic carbocycles. The zero-order valence-corrected chi connectivity index (χ0v) is 9.17. The van der Waals surface area contributed by atoms with Crippen LogP contribution in [0.15, 0.2) is 42.5 Å². The van der Waals surface area contributed by atoms with Crippen LogP contribution in [0, 0.1) is 0 Å². The smallest absolute Gasteiger partial charge is 0.0721 e. The molecule has 0 amide bonds. The zero-order valence-electron chi connectivity index (χ0n) is 9.17. The molecule has 0 aliphatic rings. The average Bonchev–Trinajstić information content (AvgIpc) is 2.27. The number of rotatable bonds is 1. The molecule has 4 nitrogen and oxygen atoms in total. The van der Waals surface area contributed by atoms with Crippen molar-refractivity contribution in [3.8, 4) is 0 Å². The molecule has 0 unspecified atom stereocenters. The fourth-order valence-electron chi connectivity index (χ4n) is 1.40. The number of carbonyl (C=O) groups is 2. The summed E-state index contributed by atoms with van der Waals surface area (Å²) in [6, 6.07) is 12.5. The first-order valence-electron chi connectivity index (χ1n) is 4.89. The van der Waals surface area contributed by atoms with E-state index in [0.717, 1.165) is 17.7 Å². The number of carboxylic acids is 2. The van der Waals surface area contributed by atoms with Gasteiger partial charge < -0.3 is 19.8 Å². The highest BCUT2D eigenvalue weighted by atomic mass is 16.4. The van der Waals surface area contributed by atoms with Crippen molar-refractivity contribution in [2.24, 2.45) is 0 Å². The van der Waals surface area contributed by atoms with E-state index in [-0.39, 0.29) is 5.56 Å². The van der Waals surface area contributed by atoms with E-state index >= 15 is 0 Å². The molecule has 17 heavy (non-hydrogen) atoms. The maximum Gasteiger partial charge on any atom is 0.0721 e. The van der Waals surface area contributed by atoms with Crippen molar-refractivity contribution in [2.75, 3.05) is 0 Å². The van der Waals surface area contributed by atoms with E-state index in [1.54, 1.807) is 18.2 Å². The van der Waals surface area contributed by atoms with Crippen molar-refractivity contribution < 1.29 is 19.8 Å². The second-order valence-electron chi connectivity index (χ2n) is 3.31. The number of hydrogen-bond acceptors (Lipinski definition) is 4. The highest BCUT2D eigenvalue weighted by molar-refractivity contribution is 6.02. The third kappa shape index (κ3) is 3.61. The molecule has 88 valence electrons. The van der Waals surface area contributed by atoms with Gasteiger partial charge in [-0.1, -0.05) is 42.5 Å². The van der Waals surface area contributed by atoms with E-state index in [0.29, 0.717) is 0 Å². The molecule has 2 rings (SSSR count). The van der Waals surface area contributed by atoms with Crippen LogP contribution >= 0.6 is 0 Å². The Morgan fingerprint density at radius 3 is 2.06 bits per heavy atom. The Bertz CT molecular complexity index is 537. The lowest BCUT2D eigenvalue weighted by atomic mass is 10.1. The topological polar surface area (TPSA) is 80.3 Å². The summed E-state index contributed by atoms with van der Waals surface area (Å²) in [6.45, 7) is 0.972. The Morgan fingerprint density at radius 1 is 0.941 bits per heavy atom. The quantitative estimate of drug-likeness (QED) is 0.688. The van der Waals surface area contributed by atoms with Gasteiger partial charge in [0.05, 0.1) is 5.97 Å².